The number of aliphatic hydroxyl groups is 1. The summed E-state index contributed by atoms with van der Waals surface area (Å²) in [4.78, 5) is 18.3. The largest absolute Gasteiger partial charge is 0.490 e. The summed E-state index contributed by atoms with van der Waals surface area (Å²) in [5.41, 5.74) is 2.77. The number of ether oxygens (including phenoxy) is 2. The number of carbonyl (C=O) groups excluding carboxylic acids is 1. The molecule has 2 aliphatic carbocycles. The molecule has 10 heteroatoms. The molecule has 7 atom stereocenters. The summed E-state index contributed by atoms with van der Waals surface area (Å²) in [7, 11) is 0.833. The lowest BCUT2D eigenvalue weighted by Gasteiger charge is -2.51. The van der Waals surface area contributed by atoms with Crippen LogP contribution in [-0.4, -0.2) is 90.4 Å². The van der Waals surface area contributed by atoms with E-state index >= 15 is 0 Å². The highest BCUT2D eigenvalue weighted by Gasteiger charge is 2.49. The van der Waals surface area contributed by atoms with Gasteiger partial charge in [0.2, 0.25) is 0 Å². The average molecular weight is 700 g/mol. The van der Waals surface area contributed by atoms with Gasteiger partial charge in [-0.05, 0) is 124 Å². The Labute approximate surface area is 292 Å². The van der Waals surface area contributed by atoms with Crippen molar-refractivity contribution in [2.24, 2.45) is 17.8 Å². The van der Waals surface area contributed by atoms with Gasteiger partial charge in [0.1, 0.15) is 5.75 Å². The number of amides is 1. The third-order valence-electron chi connectivity index (χ3n) is 12.0. The summed E-state index contributed by atoms with van der Waals surface area (Å²) >= 11 is 6.47. The van der Waals surface area contributed by atoms with Crippen molar-refractivity contribution < 1.29 is 23.6 Å². The highest BCUT2D eigenvalue weighted by molar-refractivity contribution is 7.99. The van der Waals surface area contributed by atoms with Gasteiger partial charge >= 0.3 is 0 Å². The van der Waals surface area contributed by atoms with Crippen LogP contribution in [0.1, 0.15) is 80.3 Å². The number of benzene rings is 2. The van der Waals surface area contributed by atoms with Gasteiger partial charge in [0.25, 0.3) is 5.91 Å². The van der Waals surface area contributed by atoms with E-state index in [0.717, 1.165) is 81.0 Å². The molecule has 1 saturated carbocycles. The van der Waals surface area contributed by atoms with E-state index in [4.69, 9.17) is 21.1 Å². The van der Waals surface area contributed by atoms with E-state index in [2.05, 4.69) is 46.5 Å². The lowest BCUT2D eigenvalue weighted by molar-refractivity contribution is -0.104. The third kappa shape index (κ3) is 7.13. The second kappa shape index (κ2) is 14.1. The SMILES string of the molecule is C=S1(=O)NC(=O)c2ccc3c(c2)N(C[C@@H]2CC[C@H]2[C@@](O)(CN(C)CCOC)CCC[C@H](C)[C@H]1C)C[C@@]1(CCCc2cc(Cl)ccc21)CO3. The van der Waals surface area contributed by atoms with Gasteiger partial charge in [-0.3, -0.25) is 9.52 Å². The molecule has 1 unspecified atom stereocenters. The minimum absolute atomic E-state index is 0.0521. The van der Waals surface area contributed by atoms with Crippen molar-refractivity contribution in [2.75, 3.05) is 58.5 Å². The zero-order valence-corrected chi connectivity index (χ0v) is 30.7. The van der Waals surface area contributed by atoms with E-state index in [1.165, 1.54) is 11.1 Å². The molecule has 0 aromatic heterocycles. The fourth-order valence-corrected chi connectivity index (χ4v) is 10.6. The lowest BCUT2D eigenvalue weighted by atomic mass is 9.62. The Morgan fingerprint density at radius 1 is 1.17 bits per heavy atom. The Balaban J connectivity index is 1.41. The summed E-state index contributed by atoms with van der Waals surface area (Å²) in [6, 6.07) is 11.8. The highest BCUT2D eigenvalue weighted by Crippen LogP contribution is 2.49. The van der Waals surface area contributed by atoms with Crippen LogP contribution in [0.4, 0.5) is 5.69 Å². The number of carbonyl (C=O) groups is 1. The molecular weight excluding hydrogens is 646 g/mol. The fourth-order valence-electron chi connectivity index (χ4n) is 8.86. The van der Waals surface area contributed by atoms with E-state index in [9.17, 15) is 14.1 Å². The van der Waals surface area contributed by atoms with Gasteiger partial charge in [-0.25, -0.2) is 4.21 Å². The molecule has 1 spiro atoms. The number of anilines is 1. The van der Waals surface area contributed by atoms with Crippen LogP contribution in [0.5, 0.6) is 5.75 Å². The topological polar surface area (TPSA) is 91.3 Å². The minimum Gasteiger partial charge on any atom is -0.490 e. The molecule has 2 heterocycles. The van der Waals surface area contributed by atoms with Crippen molar-refractivity contribution in [2.45, 2.75) is 81.5 Å². The summed E-state index contributed by atoms with van der Waals surface area (Å²) < 4.78 is 28.7. The number of fused-ring (bicyclic) bond motifs is 4. The molecule has 6 rings (SSSR count). The number of nitrogens with zero attached hydrogens (tertiary/aromatic N) is 2. The predicted octanol–water partition coefficient (Wildman–Crippen LogP) is 5.72. The molecule has 8 nitrogen and oxygen atoms in total. The highest BCUT2D eigenvalue weighted by atomic mass is 35.5. The zero-order valence-electron chi connectivity index (χ0n) is 29.1. The summed E-state index contributed by atoms with van der Waals surface area (Å²) in [5.74, 6) is 4.85. The van der Waals surface area contributed by atoms with Crippen molar-refractivity contribution in [1.82, 2.24) is 9.62 Å². The molecule has 1 fully saturated rings. The maximum atomic E-state index is 13.9. The number of methoxy groups -OCH3 is 1. The van der Waals surface area contributed by atoms with Gasteiger partial charge in [-0.1, -0.05) is 31.0 Å². The second-order valence-electron chi connectivity index (χ2n) is 15.3. The van der Waals surface area contributed by atoms with Crippen LogP contribution in [0.2, 0.25) is 5.02 Å². The molecular formula is C38H54ClN3O5S. The first-order valence-electron chi connectivity index (χ1n) is 17.7. The van der Waals surface area contributed by atoms with Crippen molar-refractivity contribution in [3.8, 4) is 5.75 Å². The molecule has 264 valence electrons. The number of nitrogens with one attached hydrogen (secondary N) is 1. The Hall–Kier alpha value is -2.30. The van der Waals surface area contributed by atoms with E-state index in [1.54, 1.807) is 13.2 Å². The first-order chi connectivity index (χ1) is 22.8. The van der Waals surface area contributed by atoms with Gasteiger partial charge in [0.05, 0.1) is 34.2 Å². The number of rotatable bonds is 5. The third-order valence-corrected chi connectivity index (χ3v) is 14.5. The van der Waals surface area contributed by atoms with Crippen LogP contribution in [0.25, 0.3) is 0 Å². The first-order valence-corrected chi connectivity index (χ1v) is 19.9. The maximum absolute atomic E-state index is 13.9. The summed E-state index contributed by atoms with van der Waals surface area (Å²) in [5, 5.41) is 13.0. The number of aryl methyl sites for hydroxylation is 1. The number of halogens is 1. The van der Waals surface area contributed by atoms with E-state index in [-0.39, 0.29) is 34.3 Å². The molecule has 2 aliphatic heterocycles. The van der Waals surface area contributed by atoms with Crippen LogP contribution >= 0.6 is 11.6 Å². The van der Waals surface area contributed by atoms with Gasteiger partial charge in [0, 0.05) is 54.5 Å². The Morgan fingerprint density at radius 3 is 2.73 bits per heavy atom. The van der Waals surface area contributed by atoms with E-state index in [0.29, 0.717) is 31.7 Å². The molecule has 48 heavy (non-hydrogen) atoms. The normalized spacial score (nSPS) is 34.0. The van der Waals surface area contributed by atoms with Gasteiger partial charge in [-0.15, -0.1) is 0 Å². The van der Waals surface area contributed by atoms with Crippen molar-refractivity contribution in [3.63, 3.8) is 0 Å². The van der Waals surface area contributed by atoms with Crippen LogP contribution in [-0.2, 0) is 26.3 Å². The molecule has 0 radical (unpaired) electrons. The van der Waals surface area contributed by atoms with Gasteiger partial charge in [-0.2, -0.15) is 0 Å². The predicted molar refractivity (Wildman–Crippen MR) is 196 cm³/mol. The van der Waals surface area contributed by atoms with Gasteiger partial charge < -0.3 is 24.4 Å². The van der Waals surface area contributed by atoms with Crippen LogP contribution < -0.4 is 14.4 Å². The van der Waals surface area contributed by atoms with Gasteiger partial charge in [0.15, 0.2) is 0 Å². The van der Waals surface area contributed by atoms with Crippen LogP contribution in [0, 0.1) is 17.8 Å². The smallest absolute Gasteiger partial charge is 0.262 e. The quantitative estimate of drug-likeness (QED) is 0.386. The molecule has 2 aromatic carbocycles. The average Bonchev–Trinajstić information content (AvgIpc) is 3.17. The summed E-state index contributed by atoms with van der Waals surface area (Å²) in [6.45, 7) is 7.93. The first kappa shape index (κ1) is 35.5. The Kier molecular flexibility index (Phi) is 10.5. The molecule has 1 amide bonds. The van der Waals surface area contributed by atoms with Crippen molar-refractivity contribution >= 4 is 38.8 Å². The van der Waals surface area contributed by atoms with Crippen molar-refractivity contribution in [3.05, 3.63) is 58.1 Å². The van der Waals surface area contributed by atoms with E-state index < -0.39 is 15.3 Å². The fraction of sp³-hybridized carbons (Fsp3) is 0.632. The molecule has 2 aromatic rings. The molecule has 2 bridgehead atoms. The molecule has 2 N–H and O–H groups in total. The van der Waals surface area contributed by atoms with Crippen LogP contribution in [0.15, 0.2) is 36.4 Å². The minimum atomic E-state index is -2.94. The number of likely N-dealkylation sites (N-methyl/N-ethyl adjacent to an activating group) is 1. The number of hydrogen-bond donors (Lipinski definition) is 2. The summed E-state index contributed by atoms with van der Waals surface area (Å²) in [6.07, 6.45) is 7.29. The number of hydrogen-bond acceptors (Lipinski definition) is 7. The standard InChI is InChI=1S/C38H54ClN3O5S/c1-26-8-6-17-38(44,24-41(3)18-19-46-4)33-13-10-30(33)22-42-23-37(16-7-9-28-20-31(39)12-14-32(28)37)25-47-35-15-11-29(21-34(35)42)36(43)40-48(5,45)27(26)2/h11-12,14-15,20-21,26-27,30,33,44H,5-10,13,16-19,22-25H2,1-4H3,(H,40,43,45)/t26-,27+,30-,33+,37-,38-,48?/m0/s1. The Morgan fingerprint density at radius 2 is 1.98 bits per heavy atom. The monoisotopic (exact) mass is 699 g/mol. The molecule has 0 saturated heterocycles. The lowest BCUT2D eigenvalue weighted by Crippen LogP contribution is -2.56. The van der Waals surface area contributed by atoms with Crippen LogP contribution in [0.3, 0.4) is 0 Å². The van der Waals surface area contributed by atoms with Crippen molar-refractivity contribution in [1.29, 1.82) is 0 Å². The van der Waals surface area contributed by atoms with E-state index in [1.807, 2.05) is 25.1 Å². The second-order valence-corrected chi connectivity index (χ2v) is 18.1. The molecule has 4 aliphatic rings. The maximum Gasteiger partial charge on any atom is 0.262 e. The zero-order chi connectivity index (χ0) is 34.3. The Bertz CT molecular complexity index is 1600.